The number of ether oxygens (including phenoxy) is 1. The van der Waals surface area contributed by atoms with Crippen LogP contribution in [0.4, 0.5) is 24.7 Å². The first-order valence-corrected chi connectivity index (χ1v) is 11.6. The maximum atomic E-state index is 13.5. The van der Waals surface area contributed by atoms with Crippen molar-refractivity contribution in [3.8, 4) is 5.75 Å². The normalized spacial score (nSPS) is 15.1. The molecule has 1 aliphatic rings. The molecule has 1 aliphatic heterocycles. The zero-order valence-corrected chi connectivity index (χ0v) is 20.0. The number of benzene rings is 2. The van der Waals surface area contributed by atoms with Gasteiger partial charge >= 0.3 is 11.9 Å². The van der Waals surface area contributed by atoms with Crippen LogP contribution in [0.15, 0.2) is 58.1 Å². The minimum atomic E-state index is -4.56. The molecular formula is C24H24ClF3N4O4. The number of aliphatic hydroxyl groups excluding tert-OH is 1. The highest BCUT2D eigenvalue weighted by molar-refractivity contribution is 6.30. The van der Waals surface area contributed by atoms with Gasteiger partial charge in [-0.05, 0) is 49.2 Å². The fraction of sp³-hybridized carbons (Fsp3) is 0.333. The number of halogens is 4. The predicted octanol–water partition coefficient (Wildman–Crippen LogP) is 3.88. The number of nitrogens with zero attached hydrogens (tertiary/aromatic N) is 3. The number of alkyl halides is 3. The molecule has 0 aliphatic carbocycles. The molecule has 0 saturated carbocycles. The molecule has 1 unspecified atom stereocenters. The SMILES string of the molecule is CCn1c2c(c(=O)n(CCCO)c1=O)N(Cc1ccc(Cl)cc1)C(Oc1cccc(C(F)(F)F)c1)N2. The van der Waals surface area contributed by atoms with Gasteiger partial charge in [0.25, 0.3) is 11.9 Å². The summed E-state index contributed by atoms with van der Waals surface area (Å²) in [6.45, 7) is 1.89. The first-order chi connectivity index (χ1) is 17.1. The molecule has 12 heteroatoms. The maximum Gasteiger partial charge on any atom is 0.416 e. The van der Waals surface area contributed by atoms with E-state index in [2.05, 4.69) is 5.32 Å². The number of anilines is 2. The highest BCUT2D eigenvalue weighted by Gasteiger charge is 2.37. The van der Waals surface area contributed by atoms with Crippen molar-refractivity contribution < 1.29 is 23.0 Å². The highest BCUT2D eigenvalue weighted by atomic mass is 35.5. The summed E-state index contributed by atoms with van der Waals surface area (Å²) in [7, 11) is 0. The van der Waals surface area contributed by atoms with E-state index >= 15 is 0 Å². The van der Waals surface area contributed by atoms with Crippen molar-refractivity contribution >= 4 is 23.1 Å². The average Bonchev–Trinajstić information content (AvgIpc) is 3.18. The van der Waals surface area contributed by atoms with Gasteiger partial charge in [0.2, 0.25) is 0 Å². The lowest BCUT2D eigenvalue weighted by Crippen LogP contribution is -2.43. The fourth-order valence-electron chi connectivity index (χ4n) is 4.04. The molecule has 1 atom stereocenters. The molecule has 36 heavy (non-hydrogen) atoms. The Morgan fingerprint density at radius 1 is 1.11 bits per heavy atom. The molecule has 0 saturated heterocycles. The molecule has 0 bridgehead atoms. The van der Waals surface area contributed by atoms with Crippen molar-refractivity contribution in [1.82, 2.24) is 9.13 Å². The van der Waals surface area contributed by atoms with E-state index in [-0.39, 0.29) is 49.9 Å². The number of nitrogens with one attached hydrogen (secondary N) is 1. The molecule has 0 amide bonds. The molecule has 2 aromatic carbocycles. The van der Waals surface area contributed by atoms with Gasteiger partial charge in [-0.2, -0.15) is 13.2 Å². The Morgan fingerprint density at radius 2 is 1.83 bits per heavy atom. The van der Waals surface area contributed by atoms with E-state index in [1.807, 2.05) is 0 Å². The highest BCUT2D eigenvalue weighted by Crippen LogP contribution is 2.35. The van der Waals surface area contributed by atoms with Gasteiger partial charge in [-0.25, -0.2) is 4.79 Å². The van der Waals surface area contributed by atoms with Crippen LogP contribution in [0.25, 0.3) is 0 Å². The van der Waals surface area contributed by atoms with Gasteiger partial charge in [0, 0.05) is 31.3 Å². The maximum absolute atomic E-state index is 13.5. The molecule has 1 aromatic heterocycles. The van der Waals surface area contributed by atoms with E-state index in [0.717, 1.165) is 22.3 Å². The van der Waals surface area contributed by atoms with Crippen molar-refractivity contribution in [2.45, 2.75) is 45.5 Å². The smallest absolute Gasteiger partial charge is 0.416 e. The van der Waals surface area contributed by atoms with Crippen LogP contribution in [0.1, 0.15) is 24.5 Å². The monoisotopic (exact) mass is 524 g/mol. The quantitative estimate of drug-likeness (QED) is 0.465. The first-order valence-electron chi connectivity index (χ1n) is 11.2. The van der Waals surface area contributed by atoms with Crippen molar-refractivity contribution in [2.75, 3.05) is 16.8 Å². The van der Waals surface area contributed by atoms with Gasteiger partial charge in [-0.1, -0.05) is 29.8 Å². The van der Waals surface area contributed by atoms with Crippen LogP contribution in [0, 0.1) is 0 Å². The van der Waals surface area contributed by atoms with Crippen LogP contribution < -0.4 is 26.2 Å². The second-order valence-electron chi connectivity index (χ2n) is 8.15. The predicted molar refractivity (Wildman–Crippen MR) is 129 cm³/mol. The summed E-state index contributed by atoms with van der Waals surface area (Å²) >= 11 is 5.99. The topological polar surface area (TPSA) is 88.7 Å². The summed E-state index contributed by atoms with van der Waals surface area (Å²) in [6.07, 6.45) is -5.44. The summed E-state index contributed by atoms with van der Waals surface area (Å²) in [5, 5.41) is 12.7. The van der Waals surface area contributed by atoms with Crippen molar-refractivity contribution in [2.24, 2.45) is 0 Å². The minimum absolute atomic E-state index is 0.00931. The molecule has 2 heterocycles. The lowest BCUT2D eigenvalue weighted by molar-refractivity contribution is -0.137. The molecule has 8 nitrogen and oxygen atoms in total. The number of aliphatic hydroxyl groups is 1. The molecule has 192 valence electrons. The zero-order valence-electron chi connectivity index (χ0n) is 19.3. The van der Waals surface area contributed by atoms with Gasteiger partial charge in [0.15, 0.2) is 0 Å². The number of fused-ring (bicyclic) bond motifs is 1. The summed E-state index contributed by atoms with van der Waals surface area (Å²) in [4.78, 5) is 28.0. The third-order valence-corrected chi connectivity index (χ3v) is 6.02. The van der Waals surface area contributed by atoms with Gasteiger partial charge in [0.05, 0.1) is 5.56 Å². The standard InChI is InChI=1S/C24H24ClF3N4O4/c1-2-30-20-19(21(34)31(23(30)35)11-4-12-33)32(14-15-7-9-17(25)10-8-15)22(29-20)36-18-6-3-5-16(13-18)24(26,27)28/h3,5-10,13,22,29,33H,2,4,11-12,14H2,1H3. The lowest BCUT2D eigenvalue weighted by atomic mass is 10.2. The Labute approximate surface area is 209 Å². The van der Waals surface area contributed by atoms with E-state index in [1.54, 1.807) is 36.1 Å². The Hall–Kier alpha value is -3.44. The van der Waals surface area contributed by atoms with Crippen LogP contribution >= 0.6 is 11.6 Å². The number of aromatic nitrogens is 2. The van der Waals surface area contributed by atoms with E-state index in [1.165, 1.54) is 16.7 Å². The van der Waals surface area contributed by atoms with E-state index < -0.39 is 29.3 Å². The Morgan fingerprint density at radius 3 is 2.47 bits per heavy atom. The third-order valence-electron chi connectivity index (χ3n) is 5.77. The van der Waals surface area contributed by atoms with Crippen molar-refractivity contribution in [3.05, 3.63) is 85.5 Å². The van der Waals surface area contributed by atoms with Crippen LogP contribution in [0.5, 0.6) is 5.75 Å². The molecule has 0 fully saturated rings. The van der Waals surface area contributed by atoms with Crippen molar-refractivity contribution in [1.29, 1.82) is 0 Å². The second kappa shape index (κ2) is 10.3. The average molecular weight is 525 g/mol. The summed E-state index contributed by atoms with van der Waals surface area (Å²) in [6, 6.07) is 11.3. The van der Waals surface area contributed by atoms with Crippen LogP contribution in [0.3, 0.4) is 0 Å². The van der Waals surface area contributed by atoms with Gasteiger partial charge in [-0.15, -0.1) is 0 Å². The summed E-state index contributed by atoms with van der Waals surface area (Å²) in [5.74, 6) is 0.140. The molecule has 0 radical (unpaired) electrons. The summed E-state index contributed by atoms with van der Waals surface area (Å²) in [5.41, 5.74) is -1.14. The van der Waals surface area contributed by atoms with E-state index in [9.17, 15) is 27.9 Å². The van der Waals surface area contributed by atoms with Crippen LogP contribution in [-0.4, -0.2) is 27.2 Å². The van der Waals surface area contributed by atoms with Crippen LogP contribution in [-0.2, 0) is 25.8 Å². The van der Waals surface area contributed by atoms with Crippen molar-refractivity contribution in [3.63, 3.8) is 0 Å². The van der Waals surface area contributed by atoms with E-state index in [0.29, 0.717) is 5.02 Å². The Balaban J connectivity index is 1.80. The Kier molecular flexibility index (Phi) is 7.32. The largest absolute Gasteiger partial charge is 0.452 e. The summed E-state index contributed by atoms with van der Waals surface area (Å²) < 4.78 is 48.0. The van der Waals surface area contributed by atoms with Crippen LogP contribution in [0.2, 0.25) is 5.02 Å². The Bertz CT molecular complexity index is 1360. The zero-order chi connectivity index (χ0) is 26.0. The molecule has 4 rings (SSSR count). The van der Waals surface area contributed by atoms with Gasteiger partial charge < -0.3 is 20.1 Å². The number of hydrogen-bond acceptors (Lipinski definition) is 6. The molecular weight excluding hydrogens is 501 g/mol. The molecule has 0 spiro atoms. The fourth-order valence-corrected chi connectivity index (χ4v) is 4.16. The molecule has 3 aromatic rings. The number of hydrogen-bond donors (Lipinski definition) is 2. The van der Waals surface area contributed by atoms with Gasteiger partial charge in [0.1, 0.15) is 17.3 Å². The van der Waals surface area contributed by atoms with E-state index in [4.69, 9.17) is 16.3 Å². The second-order valence-corrected chi connectivity index (χ2v) is 8.59. The first kappa shape index (κ1) is 25.6. The third kappa shape index (κ3) is 5.07. The lowest BCUT2D eigenvalue weighted by Gasteiger charge is -2.27. The van der Waals surface area contributed by atoms with Gasteiger partial charge in [-0.3, -0.25) is 13.9 Å². The number of rotatable bonds is 8. The minimum Gasteiger partial charge on any atom is -0.452 e. The molecule has 2 N–H and O–H groups in total.